The molecule has 0 unspecified atom stereocenters. The van der Waals surface area contributed by atoms with E-state index in [0.717, 1.165) is 16.8 Å². The first-order valence-corrected chi connectivity index (χ1v) is 8.62. The third-order valence-corrected chi connectivity index (χ3v) is 4.29. The summed E-state index contributed by atoms with van der Waals surface area (Å²) < 4.78 is 5.24. The maximum absolute atomic E-state index is 12.5. The van der Waals surface area contributed by atoms with Crippen molar-refractivity contribution in [3.8, 4) is 5.75 Å². The molecule has 0 aliphatic rings. The van der Waals surface area contributed by atoms with Crippen molar-refractivity contribution < 1.29 is 19.4 Å². The predicted molar refractivity (Wildman–Crippen MR) is 102 cm³/mol. The molecule has 2 N–H and O–H groups in total. The second kappa shape index (κ2) is 8.04. The van der Waals surface area contributed by atoms with E-state index in [-0.39, 0.29) is 17.2 Å². The predicted octanol–water partition coefficient (Wildman–Crippen LogP) is 4.32. The van der Waals surface area contributed by atoms with E-state index in [4.69, 9.17) is 4.74 Å². The quantitative estimate of drug-likeness (QED) is 0.783. The molecule has 0 saturated heterocycles. The van der Waals surface area contributed by atoms with Crippen LogP contribution < -0.4 is 5.32 Å². The molecule has 0 aliphatic heterocycles. The van der Waals surface area contributed by atoms with Gasteiger partial charge in [-0.25, -0.2) is 4.79 Å². The van der Waals surface area contributed by atoms with Gasteiger partial charge in [-0.1, -0.05) is 44.2 Å². The number of hydrogen-bond donors (Lipinski definition) is 2. The van der Waals surface area contributed by atoms with Crippen molar-refractivity contribution in [2.75, 3.05) is 5.32 Å². The number of hydrogen-bond acceptors (Lipinski definition) is 4. The number of carbonyl (C=O) groups excluding carboxylic acids is 2. The summed E-state index contributed by atoms with van der Waals surface area (Å²) in [7, 11) is 0. The Hall–Kier alpha value is -2.82. The molecular weight excluding hydrogens is 330 g/mol. The van der Waals surface area contributed by atoms with Crippen molar-refractivity contribution in [3.63, 3.8) is 0 Å². The van der Waals surface area contributed by atoms with Crippen LogP contribution in [-0.4, -0.2) is 23.1 Å². The van der Waals surface area contributed by atoms with Crippen LogP contribution in [0.2, 0.25) is 0 Å². The molecule has 1 atom stereocenters. The number of benzene rings is 2. The van der Waals surface area contributed by atoms with Crippen molar-refractivity contribution in [2.45, 2.75) is 46.6 Å². The lowest BCUT2D eigenvalue weighted by Crippen LogP contribution is -2.30. The van der Waals surface area contributed by atoms with Gasteiger partial charge < -0.3 is 15.2 Å². The minimum atomic E-state index is -0.998. The highest BCUT2D eigenvalue weighted by molar-refractivity contribution is 5.99. The Morgan fingerprint density at radius 1 is 1.00 bits per heavy atom. The Bertz CT molecular complexity index is 827. The van der Waals surface area contributed by atoms with Gasteiger partial charge in [0.1, 0.15) is 11.3 Å². The average Bonchev–Trinajstić information content (AvgIpc) is 2.58. The SMILES string of the molecule is Cc1cccc(C(=O)O[C@@H](C)C(=O)Nc2c(C)cccc2C(C)C)c1O. The van der Waals surface area contributed by atoms with Gasteiger partial charge in [0.15, 0.2) is 6.10 Å². The molecule has 5 nitrogen and oxygen atoms in total. The van der Waals surface area contributed by atoms with Crippen molar-refractivity contribution >= 4 is 17.6 Å². The second-order valence-corrected chi connectivity index (χ2v) is 6.70. The van der Waals surface area contributed by atoms with Gasteiger partial charge in [0.25, 0.3) is 5.91 Å². The summed E-state index contributed by atoms with van der Waals surface area (Å²) in [5.41, 5.74) is 3.32. The van der Waals surface area contributed by atoms with Gasteiger partial charge in [0.05, 0.1) is 0 Å². The van der Waals surface area contributed by atoms with E-state index in [1.165, 1.54) is 13.0 Å². The van der Waals surface area contributed by atoms with Gasteiger partial charge in [-0.05, 0) is 49.4 Å². The van der Waals surface area contributed by atoms with E-state index in [1.807, 2.05) is 39.0 Å². The summed E-state index contributed by atoms with van der Waals surface area (Å²) in [5, 5.41) is 12.9. The van der Waals surface area contributed by atoms with E-state index in [9.17, 15) is 14.7 Å². The summed E-state index contributed by atoms with van der Waals surface area (Å²) in [6.45, 7) is 9.22. The molecule has 2 aromatic rings. The number of carbonyl (C=O) groups is 2. The zero-order chi connectivity index (χ0) is 19.4. The van der Waals surface area contributed by atoms with Crippen LogP contribution in [0.5, 0.6) is 5.75 Å². The Kier molecular flexibility index (Phi) is 6.03. The fourth-order valence-corrected chi connectivity index (χ4v) is 2.67. The maximum Gasteiger partial charge on any atom is 0.342 e. The third-order valence-electron chi connectivity index (χ3n) is 4.29. The van der Waals surface area contributed by atoms with Crippen molar-refractivity contribution in [3.05, 3.63) is 58.7 Å². The van der Waals surface area contributed by atoms with Gasteiger partial charge >= 0.3 is 5.97 Å². The molecule has 0 radical (unpaired) electrons. The van der Waals surface area contributed by atoms with Gasteiger partial charge in [-0.3, -0.25) is 4.79 Å². The van der Waals surface area contributed by atoms with Gasteiger partial charge in [-0.2, -0.15) is 0 Å². The van der Waals surface area contributed by atoms with Gasteiger partial charge in [-0.15, -0.1) is 0 Å². The minimum absolute atomic E-state index is 0.0448. The Morgan fingerprint density at radius 3 is 2.27 bits per heavy atom. The van der Waals surface area contributed by atoms with Crippen LogP contribution in [0.15, 0.2) is 36.4 Å². The lowest BCUT2D eigenvalue weighted by molar-refractivity contribution is -0.123. The highest BCUT2D eigenvalue weighted by Crippen LogP contribution is 2.28. The van der Waals surface area contributed by atoms with E-state index in [2.05, 4.69) is 5.32 Å². The van der Waals surface area contributed by atoms with Crippen LogP contribution in [0, 0.1) is 13.8 Å². The zero-order valence-electron chi connectivity index (χ0n) is 15.8. The normalized spacial score (nSPS) is 11.9. The van der Waals surface area contributed by atoms with Crippen LogP contribution in [0.4, 0.5) is 5.69 Å². The molecule has 138 valence electrons. The van der Waals surface area contributed by atoms with E-state index in [1.54, 1.807) is 19.1 Å². The van der Waals surface area contributed by atoms with Crippen LogP contribution in [0.25, 0.3) is 0 Å². The lowest BCUT2D eigenvalue weighted by atomic mass is 9.98. The van der Waals surface area contributed by atoms with E-state index < -0.39 is 18.0 Å². The first kappa shape index (κ1) is 19.5. The molecular formula is C21H25NO4. The zero-order valence-corrected chi connectivity index (χ0v) is 15.8. The van der Waals surface area contributed by atoms with Crippen molar-refractivity contribution in [2.24, 2.45) is 0 Å². The number of aromatic hydroxyl groups is 1. The molecule has 0 heterocycles. The molecule has 0 aromatic heterocycles. The number of nitrogens with one attached hydrogen (secondary N) is 1. The Labute approximate surface area is 154 Å². The smallest absolute Gasteiger partial charge is 0.342 e. The molecule has 26 heavy (non-hydrogen) atoms. The van der Waals surface area contributed by atoms with Crippen LogP contribution in [0.3, 0.4) is 0 Å². The fraction of sp³-hybridized carbons (Fsp3) is 0.333. The molecule has 0 saturated carbocycles. The standard InChI is InChI=1S/C21H25NO4/c1-12(2)16-10-6-8-13(3)18(16)22-20(24)15(5)26-21(25)17-11-7-9-14(4)19(17)23/h6-12,15,23H,1-5H3,(H,22,24)/t15-/m0/s1. The number of esters is 1. The van der Waals surface area contributed by atoms with Crippen LogP contribution in [0.1, 0.15) is 53.7 Å². The Morgan fingerprint density at radius 2 is 1.62 bits per heavy atom. The van der Waals surface area contributed by atoms with Crippen LogP contribution in [-0.2, 0) is 9.53 Å². The fourth-order valence-electron chi connectivity index (χ4n) is 2.67. The number of amides is 1. The van der Waals surface area contributed by atoms with Crippen molar-refractivity contribution in [1.82, 2.24) is 0 Å². The third kappa shape index (κ3) is 4.23. The molecule has 2 aromatic carbocycles. The van der Waals surface area contributed by atoms with Gasteiger partial charge in [0, 0.05) is 5.69 Å². The summed E-state index contributed by atoms with van der Waals surface area (Å²) in [5.74, 6) is -1.04. The Balaban J connectivity index is 2.14. The summed E-state index contributed by atoms with van der Waals surface area (Å²) in [6.07, 6.45) is -0.998. The molecule has 0 fully saturated rings. The number of anilines is 1. The molecule has 0 aliphatic carbocycles. The topological polar surface area (TPSA) is 75.6 Å². The molecule has 1 amide bonds. The molecule has 0 bridgehead atoms. The van der Waals surface area contributed by atoms with E-state index in [0.29, 0.717) is 5.56 Å². The monoisotopic (exact) mass is 355 g/mol. The first-order chi connectivity index (χ1) is 12.2. The van der Waals surface area contributed by atoms with E-state index >= 15 is 0 Å². The van der Waals surface area contributed by atoms with Crippen molar-refractivity contribution in [1.29, 1.82) is 0 Å². The number of ether oxygens (including phenoxy) is 1. The summed E-state index contributed by atoms with van der Waals surface area (Å²) in [4.78, 5) is 24.8. The molecule has 5 heteroatoms. The minimum Gasteiger partial charge on any atom is -0.507 e. The molecule has 2 rings (SSSR count). The molecule has 0 spiro atoms. The highest BCUT2D eigenvalue weighted by atomic mass is 16.5. The number of para-hydroxylation sites is 2. The van der Waals surface area contributed by atoms with Crippen LogP contribution >= 0.6 is 0 Å². The average molecular weight is 355 g/mol. The number of phenols is 1. The summed E-state index contributed by atoms with van der Waals surface area (Å²) >= 11 is 0. The lowest BCUT2D eigenvalue weighted by Gasteiger charge is -2.19. The maximum atomic E-state index is 12.5. The number of aryl methyl sites for hydroxylation is 2. The summed E-state index contributed by atoms with van der Waals surface area (Å²) in [6, 6.07) is 10.6. The second-order valence-electron chi connectivity index (χ2n) is 6.70. The first-order valence-electron chi connectivity index (χ1n) is 8.62. The largest absolute Gasteiger partial charge is 0.507 e. The number of rotatable bonds is 5. The number of phenolic OH excluding ortho intramolecular Hbond substituents is 1. The van der Waals surface area contributed by atoms with Gasteiger partial charge in [0.2, 0.25) is 0 Å². The highest BCUT2D eigenvalue weighted by Gasteiger charge is 2.23.